The van der Waals surface area contributed by atoms with Crippen molar-refractivity contribution in [2.75, 3.05) is 0 Å². The number of rotatable bonds is 2. The Hall–Kier alpha value is -0.770. The van der Waals surface area contributed by atoms with Gasteiger partial charge < -0.3 is 12.1 Å². The van der Waals surface area contributed by atoms with E-state index in [0.29, 0.717) is 0 Å². The van der Waals surface area contributed by atoms with Crippen molar-refractivity contribution in [1.29, 1.82) is 0 Å². The second-order valence-electron chi connectivity index (χ2n) is 3.41. The molecule has 0 aliphatic rings. The number of aromatic nitrogens is 1. The van der Waals surface area contributed by atoms with E-state index in [-0.39, 0.29) is 42.8 Å². The van der Waals surface area contributed by atoms with Gasteiger partial charge in [0.25, 0.3) is 0 Å². The average Bonchev–Trinajstić information content (AvgIpc) is 2.60. The molecule has 1 aromatic heterocycles. The molecule has 1 aromatic carbocycles. The Morgan fingerprint density at radius 1 is 1.47 bits per heavy atom. The van der Waals surface area contributed by atoms with E-state index in [4.69, 9.17) is 5.73 Å². The van der Waals surface area contributed by atoms with E-state index in [1.807, 2.05) is 37.4 Å². The largest absolute Gasteiger partial charge is 1.00 e. The smallest absolute Gasteiger partial charge is 1.00 e. The molecule has 0 saturated heterocycles. The van der Waals surface area contributed by atoms with Gasteiger partial charge in [0, 0.05) is 17.1 Å². The fraction of sp³-hybridized carbons (Fsp3) is 0.182. The number of aromatic amines is 1. The van der Waals surface area contributed by atoms with Crippen molar-refractivity contribution in [3.8, 4) is 0 Å². The van der Waals surface area contributed by atoms with Crippen LogP contribution in [0, 0.1) is 0 Å². The van der Waals surface area contributed by atoms with Crippen LogP contribution in [0.5, 0.6) is 0 Å². The molecular formula is C11H13N2NaO. The van der Waals surface area contributed by atoms with Crippen molar-refractivity contribution in [2.45, 2.75) is 12.8 Å². The van der Waals surface area contributed by atoms with Crippen molar-refractivity contribution >= 4 is 16.8 Å². The molecule has 0 spiro atoms. The maximum absolute atomic E-state index is 11.0. The maximum Gasteiger partial charge on any atom is 1.00 e. The first-order valence-electron chi connectivity index (χ1n) is 4.55. The Morgan fingerprint density at radius 3 is 2.80 bits per heavy atom. The van der Waals surface area contributed by atoms with Crippen molar-refractivity contribution < 1.29 is 35.8 Å². The number of amides is 1. The number of nitrogens with two attached hydrogens (primary N) is 1. The molecule has 0 saturated carbocycles. The van der Waals surface area contributed by atoms with Crippen LogP contribution in [-0.2, 0) is 4.79 Å². The second-order valence-corrected chi connectivity index (χ2v) is 3.41. The number of nitrogens with one attached hydrogen (secondary N) is 1. The molecule has 2 aromatic rings. The minimum absolute atomic E-state index is 0. The molecule has 0 bridgehead atoms. The van der Waals surface area contributed by atoms with E-state index in [2.05, 4.69) is 4.98 Å². The van der Waals surface area contributed by atoms with Gasteiger partial charge in [-0.25, -0.2) is 0 Å². The normalized spacial score (nSPS) is 12.1. The number of para-hydroxylation sites is 1. The van der Waals surface area contributed by atoms with E-state index in [9.17, 15) is 4.79 Å². The SMILES string of the molecule is CC(C(N)=O)c1c[nH]c2ccccc12.[H-].[Na+]. The number of H-pyrrole nitrogens is 1. The molecule has 3 N–H and O–H groups in total. The summed E-state index contributed by atoms with van der Waals surface area (Å²) >= 11 is 0. The molecule has 1 atom stereocenters. The monoisotopic (exact) mass is 212 g/mol. The van der Waals surface area contributed by atoms with E-state index in [0.717, 1.165) is 16.5 Å². The van der Waals surface area contributed by atoms with Crippen molar-refractivity contribution in [3.05, 3.63) is 36.0 Å². The van der Waals surface area contributed by atoms with Gasteiger partial charge in [-0.3, -0.25) is 4.79 Å². The van der Waals surface area contributed by atoms with Crippen molar-refractivity contribution in [3.63, 3.8) is 0 Å². The molecule has 0 radical (unpaired) electrons. The number of fused-ring (bicyclic) bond motifs is 1. The van der Waals surface area contributed by atoms with Crippen LogP contribution in [0.25, 0.3) is 10.9 Å². The molecule has 15 heavy (non-hydrogen) atoms. The van der Waals surface area contributed by atoms with Gasteiger partial charge >= 0.3 is 29.6 Å². The van der Waals surface area contributed by atoms with Crippen LogP contribution >= 0.6 is 0 Å². The Labute approximate surface area is 112 Å². The molecule has 0 aliphatic carbocycles. The predicted molar refractivity (Wildman–Crippen MR) is 57.0 cm³/mol. The van der Waals surface area contributed by atoms with E-state index in [1.165, 1.54) is 0 Å². The van der Waals surface area contributed by atoms with Gasteiger partial charge in [0.15, 0.2) is 0 Å². The Kier molecular flexibility index (Phi) is 3.97. The molecule has 1 amide bonds. The fourth-order valence-corrected chi connectivity index (χ4v) is 1.61. The summed E-state index contributed by atoms with van der Waals surface area (Å²) in [4.78, 5) is 14.2. The molecule has 0 fully saturated rings. The first kappa shape index (κ1) is 12.3. The summed E-state index contributed by atoms with van der Waals surface area (Å²) in [6, 6.07) is 7.87. The van der Waals surface area contributed by atoms with Crippen molar-refractivity contribution in [2.24, 2.45) is 5.73 Å². The third-order valence-corrected chi connectivity index (χ3v) is 2.51. The molecular weight excluding hydrogens is 199 g/mol. The van der Waals surface area contributed by atoms with Crippen LogP contribution in [-0.4, -0.2) is 10.9 Å². The average molecular weight is 212 g/mol. The van der Waals surface area contributed by atoms with E-state index in [1.54, 1.807) is 0 Å². The number of benzene rings is 1. The van der Waals surface area contributed by atoms with Crippen LogP contribution in [0.1, 0.15) is 19.8 Å². The third-order valence-electron chi connectivity index (χ3n) is 2.51. The summed E-state index contributed by atoms with van der Waals surface area (Å²) in [5, 5.41) is 1.07. The first-order chi connectivity index (χ1) is 6.70. The summed E-state index contributed by atoms with van der Waals surface area (Å²) < 4.78 is 0. The van der Waals surface area contributed by atoms with Crippen LogP contribution in [0.15, 0.2) is 30.5 Å². The zero-order valence-electron chi connectivity index (χ0n) is 9.95. The number of primary amides is 1. The number of hydrogen-bond donors (Lipinski definition) is 2. The standard InChI is InChI=1S/C11H12N2O.Na.H/c1-7(11(12)14)9-6-13-10-5-3-2-4-8(9)10;;/h2-7,13H,1H3,(H2,12,14);;/q;+1;-1. The zero-order valence-corrected chi connectivity index (χ0v) is 10.9. The quantitative estimate of drug-likeness (QED) is 0.608. The fourth-order valence-electron chi connectivity index (χ4n) is 1.61. The van der Waals surface area contributed by atoms with Crippen LogP contribution < -0.4 is 35.3 Å². The summed E-state index contributed by atoms with van der Waals surface area (Å²) in [5.41, 5.74) is 7.27. The third kappa shape index (κ3) is 2.25. The second kappa shape index (κ2) is 4.84. The van der Waals surface area contributed by atoms with Gasteiger partial charge in [0.1, 0.15) is 0 Å². The maximum atomic E-state index is 11.0. The topological polar surface area (TPSA) is 58.9 Å². The summed E-state index contributed by atoms with van der Waals surface area (Å²) in [5.74, 6) is -0.541. The molecule has 1 heterocycles. The zero-order chi connectivity index (χ0) is 10.1. The van der Waals surface area contributed by atoms with Crippen LogP contribution in [0.4, 0.5) is 0 Å². The van der Waals surface area contributed by atoms with Gasteiger partial charge in [0.2, 0.25) is 5.91 Å². The van der Waals surface area contributed by atoms with Gasteiger partial charge in [-0.15, -0.1) is 0 Å². The first-order valence-corrected chi connectivity index (χ1v) is 4.55. The Balaban J connectivity index is 0.00000112. The minimum Gasteiger partial charge on any atom is -1.00 e. The summed E-state index contributed by atoms with van der Waals surface area (Å²) in [6.45, 7) is 1.82. The van der Waals surface area contributed by atoms with Crippen LogP contribution in [0.2, 0.25) is 0 Å². The van der Waals surface area contributed by atoms with Gasteiger partial charge in [-0.05, 0) is 18.6 Å². The Bertz CT molecular complexity index is 484. The molecule has 0 aliphatic heterocycles. The summed E-state index contributed by atoms with van der Waals surface area (Å²) in [6.07, 6.45) is 1.85. The molecule has 74 valence electrons. The van der Waals surface area contributed by atoms with Gasteiger partial charge in [-0.1, -0.05) is 18.2 Å². The molecule has 1 unspecified atom stereocenters. The minimum atomic E-state index is -0.297. The molecule has 4 heteroatoms. The molecule has 3 nitrogen and oxygen atoms in total. The number of carbonyl (C=O) groups is 1. The van der Waals surface area contributed by atoms with Crippen LogP contribution in [0.3, 0.4) is 0 Å². The van der Waals surface area contributed by atoms with E-state index >= 15 is 0 Å². The Morgan fingerprint density at radius 2 is 2.13 bits per heavy atom. The number of carbonyl (C=O) groups excluding carboxylic acids is 1. The number of hydrogen-bond acceptors (Lipinski definition) is 1. The van der Waals surface area contributed by atoms with Crippen molar-refractivity contribution in [1.82, 2.24) is 4.98 Å². The predicted octanol–water partition coefficient (Wildman–Crippen LogP) is -1.13. The van der Waals surface area contributed by atoms with E-state index < -0.39 is 0 Å². The van der Waals surface area contributed by atoms with Gasteiger partial charge in [-0.2, -0.15) is 0 Å². The molecule has 2 rings (SSSR count). The van der Waals surface area contributed by atoms with Gasteiger partial charge in [0.05, 0.1) is 5.92 Å². The summed E-state index contributed by atoms with van der Waals surface area (Å²) in [7, 11) is 0.